The van der Waals surface area contributed by atoms with Crippen molar-refractivity contribution in [2.24, 2.45) is 5.73 Å². The lowest BCUT2D eigenvalue weighted by Gasteiger charge is -2.32. The molecule has 2 rings (SSSR count). The van der Waals surface area contributed by atoms with Crippen LogP contribution in [0.2, 0.25) is 0 Å². The van der Waals surface area contributed by atoms with E-state index >= 15 is 0 Å². The molecule has 1 aliphatic carbocycles. The van der Waals surface area contributed by atoms with Gasteiger partial charge in [0.25, 0.3) is 0 Å². The lowest BCUT2D eigenvalue weighted by atomic mass is 9.78. The van der Waals surface area contributed by atoms with Gasteiger partial charge in [-0.05, 0) is 24.5 Å². The lowest BCUT2D eigenvalue weighted by molar-refractivity contribution is -0.119. The summed E-state index contributed by atoms with van der Waals surface area (Å²) in [7, 11) is 0. The summed E-state index contributed by atoms with van der Waals surface area (Å²) in [5.41, 5.74) is 7.14. The number of Topliss-reactive ketones (excluding diaryl/α,β-unsaturated/α-hetero) is 1. The van der Waals surface area contributed by atoms with Crippen LogP contribution >= 0.6 is 15.9 Å². The SMILES string of the molecule is NC1(CC(=O)Cc2ccccc2Br)CCCCC1. The Morgan fingerprint density at radius 3 is 2.56 bits per heavy atom. The number of hydrogen-bond acceptors (Lipinski definition) is 2. The zero-order valence-electron chi connectivity index (χ0n) is 10.6. The van der Waals surface area contributed by atoms with Gasteiger partial charge in [-0.3, -0.25) is 4.79 Å². The summed E-state index contributed by atoms with van der Waals surface area (Å²) in [5, 5.41) is 0. The van der Waals surface area contributed by atoms with Crippen LogP contribution in [-0.4, -0.2) is 11.3 Å². The fourth-order valence-electron chi connectivity index (χ4n) is 2.74. The van der Waals surface area contributed by atoms with Gasteiger partial charge in [-0.2, -0.15) is 0 Å². The molecule has 0 amide bonds. The van der Waals surface area contributed by atoms with E-state index in [0.717, 1.165) is 22.9 Å². The molecule has 0 spiro atoms. The van der Waals surface area contributed by atoms with Crippen LogP contribution < -0.4 is 5.73 Å². The maximum atomic E-state index is 12.1. The third-order valence-corrected chi connectivity index (χ3v) is 4.52. The Labute approximate surface area is 117 Å². The van der Waals surface area contributed by atoms with Gasteiger partial charge in [0.1, 0.15) is 5.78 Å². The minimum absolute atomic E-state index is 0.239. The molecular weight excluding hydrogens is 290 g/mol. The predicted octanol–water partition coefficient (Wildman–Crippen LogP) is 3.61. The Morgan fingerprint density at radius 1 is 1.22 bits per heavy atom. The van der Waals surface area contributed by atoms with Crippen molar-refractivity contribution < 1.29 is 4.79 Å². The van der Waals surface area contributed by atoms with Crippen molar-refractivity contribution in [2.45, 2.75) is 50.5 Å². The van der Waals surface area contributed by atoms with Gasteiger partial charge in [0.05, 0.1) is 0 Å². The van der Waals surface area contributed by atoms with E-state index in [1.54, 1.807) is 0 Å². The van der Waals surface area contributed by atoms with E-state index in [1.165, 1.54) is 19.3 Å². The minimum Gasteiger partial charge on any atom is -0.325 e. The van der Waals surface area contributed by atoms with Gasteiger partial charge >= 0.3 is 0 Å². The summed E-state index contributed by atoms with van der Waals surface area (Å²) in [5.74, 6) is 0.256. The second-order valence-electron chi connectivity index (χ2n) is 5.41. The highest BCUT2D eigenvalue weighted by molar-refractivity contribution is 9.10. The molecule has 98 valence electrons. The van der Waals surface area contributed by atoms with Gasteiger partial charge in [0, 0.05) is 22.9 Å². The number of rotatable bonds is 4. The average Bonchev–Trinajstić information content (AvgIpc) is 2.32. The Kier molecular flexibility index (Phi) is 4.57. The summed E-state index contributed by atoms with van der Waals surface area (Å²) < 4.78 is 1.01. The number of ketones is 1. The van der Waals surface area contributed by atoms with Crippen molar-refractivity contribution >= 4 is 21.7 Å². The molecule has 3 heteroatoms. The highest BCUT2D eigenvalue weighted by atomic mass is 79.9. The second-order valence-corrected chi connectivity index (χ2v) is 6.26. The van der Waals surface area contributed by atoms with Gasteiger partial charge < -0.3 is 5.73 Å². The van der Waals surface area contributed by atoms with E-state index in [2.05, 4.69) is 15.9 Å². The molecule has 0 aromatic heterocycles. The van der Waals surface area contributed by atoms with Crippen LogP contribution in [0, 0.1) is 0 Å². The second kappa shape index (κ2) is 5.98. The molecule has 0 unspecified atom stereocenters. The Hall–Kier alpha value is -0.670. The van der Waals surface area contributed by atoms with Crippen LogP contribution in [-0.2, 0) is 11.2 Å². The number of nitrogens with two attached hydrogens (primary N) is 1. The van der Waals surface area contributed by atoms with E-state index in [1.807, 2.05) is 24.3 Å². The molecule has 0 radical (unpaired) electrons. The van der Waals surface area contributed by atoms with Crippen molar-refractivity contribution in [3.63, 3.8) is 0 Å². The van der Waals surface area contributed by atoms with Crippen LogP contribution in [0.25, 0.3) is 0 Å². The topological polar surface area (TPSA) is 43.1 Å². The van der Waals surface area contributed by atoms with Crippen LogP contribution in [0.1, 0.15) is 44.1 Å². The molecular formula is C15H20BrNO. The number of hydrogen-bond donors (Lipinski definition) is 1. The largest absolute Gasteiger partial charge is 0.325 e. The smallest absolute Gasteiger partial charge is 0.139 e. The van der Waals surface area contributed by atoms with E-state index in [0.29, 0.717) is 12.8 Å². The first-order valence-corrected chi connectivity index (χ1v) is 7.42. The van der Waals surface area contributed by atoms with Crippen LogP contribution in [0.5, 0.6) is 0 Å². The van der Waals surface area contributed by atoms with E-state index < -0.39 is 0 Å². The first kappa shape index (κ1) is 13.8. The quantitative estimate of drug-likeness (QED) is 0.923. The maximum Gasteiger partial charge on any atom is 0.139 e. The average molecular weight is 310 g/mol. The molecule has 18 heavy (non-hydrogen) atoms. The van der Waals surface area contributed by atoms with E-state index in [4.69, 9.17) is 5.73 Å². The number of benzene rings is 1. The minimum atomic E-state index is -0.239. The summed E-state index contributed by atoms with van der Waals surface area (Å²) >= 11 is 3.48. The van der Waals surface area contributed by atoms with E-state index in [9.17, 15) is 4.79 Å². The molecule has 1 aromatic rings. The maximum absolute atomic E-state index is 12.1. The van der Waals surface area contributed by atoms with Crippen molar-refractivity contribution in [1.82, 2.24) is 0 Å². The molecule has 1 aromatic carbocycles. The highest BCUT2D eigenvalue weighted by Gasteiger charge is 2.29. The first-order chi connectivity index (χ1) is 8.59. The molecule has 0 heterocycles. The summed E-state index contributed by atoms with van der Waals surface area (Å²) in [4.78, 5) is 12.1. The standard InChI is InChI=1S/C15H20BrNO/c16-14-7-3-2-6-12(14)10-13(18)11-15(17)8-4-1-5-9-15/h2-3,6-7H,1,4-5,8-11,17H2. The Morgan fingerprint density at radius 2 is 1.89 bits per heavy atom. The van der Waals surface area contributed by atoms with Crippen LogP contribution in [0.4, 0.5) is 0 Å². The molecule has 2 nitrogen and oxygen atoms in total. The van der Waals surface area contributed by atoms with Gasteiger partial charge in [0.2, 0.25) is 0 Å². The number of carbonyl (C=O) groups excluding carboxylic acids is 1. The zero-order valence-corrected chi connectivity index (χ0v) is 12.2. The normalized spacial score (nSPS) is 18.6. The fraction of sp³-hybridized carbons (Fsp3) is 0.533. The molecule has 1 saturated carbocycles. The molecule has 1 fully saturated rings. The third kappa shape index (κ3) is 3.66. The number of halogens is 1. The van der Waals surface area contributed by atoms with Gasteiger partial charge in [0.15, 0.2) is 0 Å². The first-order valence-electron chi connectivity index (χ1n) is 6.63. The predicted molar refractivity (Wildman–Crippen MR) is 77.5 cm³/mol. The van der Waals surface area contributed by atoms with Crippen LogP contribution in [0.3, 0.4) is 0 Å². The zero-order chi connectivity index (χ0) is 13.0. The molecule has 0 atom stereocenters. The Balaban J connectivity index is 1.94. The van der Waals surface area contributed by atoms with Crippen LogP contribution in [0.15, 0.2) is 28.7 Å². The van der Waals surface area contributed by atoms with Crippen molar-refractivity contribution in [2.75, 3.05) is 0 Å². The molecule has 0 bridgehead atoms. The summed E-state index contributed by atoms with van der Waals surface area (Å²) in [6, 6.07) is 7.89. The third-order valence-electron chi connectivity index (χ3n) is 3.74. The number of carbonyl (C=O) groups is 1. The van der Waals surface area contributed by atoms with Gasteiger partial charge in [-0.15, -0.1) is 0 Å². The van der Waals surface area contributed by atoms with Crippen molar-refractivity contribution in [3.05, 3.63) is 34.3 Å². The van der Waals surface area contributed by atoms with Crippen molar-refractivity contribution in [1.29, 1.82) is 0 Å². The summed E-state index contributed by atoms with van der Waals surface area (Å²) in [6.45, 7) is 0. The van der Waals surface area contributed by atoms with Gasteiger partial charge in [-0.1, -0.05) is 53.4 Å². The molecule has 0 aliphatic heterocycles. The van der Waals surface area contributed by atoms with Crippen molar-refractivity contribution in [3.8, 4) is 0 Å². The summed E-state index contributed by atoms with van der Waals surface area (Å²) in [6.07, 6.45) is 6.59. The van der Waals surface area contributed by atoms with E-state index in [-0.39, 0.29) is 11.3 Å². The van der Waals surface area contributed by atoms with Gasteiger partial charge in [-0.25, -0.2) is 0 Å². The fourth-order valence-corrected chi connectivity index (χ4v) is 3.17. The highest BCUT2D eigenvalue weighted by Crippen LogP contribution is 2.29. The molecule has 2 N–H and O–H groups in total. The molecule has 0 saturated heterocycles. The molecule has 1 aliphatic rings. The lowest BCUT2D eigenvalue weighted by Crippen LogP contribution is -2.43. The monoisotopic (exact) mass is 309 g/mol. The Bertz CT molecular complexity index is 424.